The number of hydrogen-bond acceptors (Lipinski definition) is 4. The van der Waals surface area contributed by atoms with Crippen molar-refractivity contribution in [1.29, 1.82) is 0 Å². The van der Waals surface area contributed by atoms with Gasteiger partial charge in [0.25, 0.3) is 0 Å². The number of para-hydroxylation sites is 2. The number of fused-ring (bicyclic) bond motifs is 1. The lowest BCUT2D eigenvalue weighted by Crippen LogP contribution is -2.29. The van der Waals surface area contributed by atoms with E-state index >= 15 is 0 Å². The van der Waals surface area contributed by atoms with E-state index in [1.165, 1.54) is 4.57 Å². The van der Waals surface area contributed by atoms with Gasteiger partial charge >= 0.3 is 11.7 Å². The van der Waals surface area contributed by atoms with Crippen molar-refractivity contribution < 1.29 is 19.4 Å². The van der Waals surface area contributed by atoms with Crippen molar-refractivity contribution in [3.63, 3.8) is 0 Å². The van der Waals surface area contributed by atoms with Crippen LogP contribution in [0.4, 0.5) is 5.69 Å². The van der Waals surface area contributed by atoms with E-state index in [1.54, 1.807) is 28.8 Å². The van der Waals surface area contributed by atoms with Crippen LogP contribution in [0.1, 0.15) is 19.8 Å². The predicted octanol–water partition coefficient (Wildman–Crippen LogP) is 2.71. The van der Waals surface area contributed by atoms with Gasteiger partial charge in [-0.1, -0.05) is 12.1 Å². The maximum atomic E-state index is 12.6. The number of hydrogen-bond donors (Lipinski definition) is 2. The van der Waals surface area contributed by atoms with Crippen molar-refractivity contribution in [3.8, 4) is 5.75 Å². The van der Waals surface area contributed by atoms with Crippen LogP contribution < -0.4 is 15.7 Å². The van der Waals surface area contributed by atoms with E-state index in [9.17, 15) is 14.4 Å². The average Bonchev–Trinajstić information content (AvgIpc) is 2.97. The number of aromatic nitrogens is 2. The van der Waals surface area contributed by atoms with E-state index in [0.29, 0.717) is 31.0 Å². The summed E-state index contributed by atoms with van der Waals surface area (Å²) in [6.07, 6.45) is 0.482. The zero-order valence-corrected chi connectivity index (χ0v) is 16.1. The molecule has 3 rings (SSSR count). The topological polar surface area (TPSA) is 103 Å². The molecular formula is C21H23N3O5. The summed E-state index contributed by atoms with van der Waals surface area (Å²) < 4.78 is 8.57. The Morgan fingerprint density at radius 2 is 1.69 bits per heavy atom. The molecule has 29 heavy (non-hydrogen) atoms. The number of anilines is 1. The Morgan fingerprint density at radius 3 is 2.31 bits per heavy atom. The highest BCUT2D eigenvalue weighted by Gasteiger charge is 2.14. The molecule has 3 aromatic rings. The number of rotatable bonds is 9. The Balaban J connectivity index is 1.63. The van der Waals surface area contributed by atoms with Gasteiger partial charge in [0.15, 0.2) is 0 Å². The first kappa shape index (κ1) is 20.2. The van der Waals surface area contributed by atoms with Crippen molar-refractivity contribution in [1.82, 2.24) is 9.13 Å². The van der Waals surface area contributed by atoms with Crippen LogP contribution in [0.2, 0.25) is 0 Å². The second kappa shape index (κ2) is 9.09. The standard InChI is InChI=1S/C21H23N3O5/c1-2-23-17-6-3-4-7-18(17)24(21(23)28)14-19(25)22-15-9-11-16(12-10-15)29-13-5-8-20(26)27/h3-4,6-7,9-12H,2,5,8,13-14H2,1H3,(H,22,25)(H,26,27). The molecule has 0 aliphatic carbocycles. The molecule has 0 unspecified atom stereocenters. The number of nitrogens with one attached hydrogen (secondary N) is 1. The zero-order chi connectivity index (χ0) is 20.8. The van der Waals surface area contributed by atoms with E-state index in [0.717, 1.165) is 11.0 Å². The number of aryl methyl sites for hydroxylation is 1. The molecule has 8 heteroatoms. The molecular weight excluding hydrogens is 374 g/mol. The molecule has 0 bridgehead atoms. The maximum absolute atomic E-state index is 12.6. The number of carboxylic acids is 1. The number of carbonyl (C=O) groups is 2. The van der Waals surface area contributed by atoms with Gasteiger partial charge in [-0.15, -0.1) is 0 Å². The number of aliphatic carboxylic acids is 1. The molecule has 0 radical (unpaired) electrons. The van der Waals surface area contributed by atoms with Gasteiger partial charge in [0.1, 0.15) is 12.3 Å². The van der Waals surface area contributed by atoms with Crippen LogP contribution in [0, 0.1) is 0 Å². The molecule has 8 nitrogen and oxygen atoms in total. The van der Waals surface area contributed by atoms with E-state index in [-0.39, 0.29) is 24.6 Å². The largest absolute Gasteiger partial charge is 0.494 e. The molecule has 0 aliphatic rings. The second-order valence-corrected chi connectivity index (χ2v) is 6.52. The van der Waals surface area contributed by atoms with Crippen LogP contribution in [0.25, 0.3) is 11.0 Å². The summed E-state index contributed by atoms with van der Waals surface area (Å²) in [4.78, 5) is 35.6. The summed E-state index contributed by atoms with van der Waals surface area (Å²) in [5.74, 6) is -0.565. The summed E-state index contributed by atoms with van der Waals surface area (Å²) in [5.41, 5.74) is 1.89. The van der Waals surface area contributed by atoms with Gasteiger partial charge in [0.2, 0.25) is 5.91 Å². The number of benzene rings is 2. The van der Waals surface area contributed by atoms with Gasteiger partial charge in [-0.25, -0.2) is 4.79 Å². The first-order chi connectivity index (χ1) is 14.0. The van der Waals surface area contributed by atoms with Crippen LogP contribution in [0.3, 0.4) is 0 Å². The van der Waals surface area contributed by atoms with Gasteiger partial charge in [-0.3, -0.25) is 18.7 Å². The summed E-state index contributed by atoms with van der Waals surface area (Å²) in [6.45, 7) is 2.65. The number of carbonyl (C=O) groups excluding carboxylic acids is 1. The first-order valence-electron chi connectivity index (χ1n) is 9.42. The molecule has 0 fully saturated rings. The minimum atomic E-state index is -0.854. The number of nitrogens with zero attached hydrogens (tertiary/aromatic N) is 2. The van der Waals surface area contributed by atoms with Gasteiger partial charge in [0.05, 0.1) is 17.6 Å². The van der Waals surface area contributed by atoms with Crippen LogP contribution in [-0.4, -0.2) is 32.7 Å². The van der Waals surface area contributed by atoms with Crippen molar-refractivity contribution in [2.45, 2.75) is 32.9 Å². The van der Waals surface area contributed by atoms with Crippen LogP contribution in [0.5, 0.6) is 5.75 Å². The molecule has 0 spiro atoms. The summed E-state index contributed by atoms with van der Waals surface area (Å²) >= 11 is 0. The molecule has 1 aromatic heterocycles. The molecule has 1 heterocycles. The van der Waals surface area contributed by atoms with Crippen molar-refractivity contribution in [2.24, 2.45) is 0 Å². The molecule has 0 saturated carbocycles. The lowest BCUT2D eigenvalue weighted by molar-refractivity contribution is -0.137. The average molecular weight is 397 g/mol. The third-order valence-electron chi connectivity index (χ3n) is 4.48. The molecule has 2 N–H and O–H groups in total. The van der Waals surface area contributed by atoms with E-state index in [4.69, 9.17) is 9.84 Å². The lowest BCUT2D eigenvalue weighted by atomic mass is 10.3. The quantitative estimate of drug-likeness (QED) is 0.541. The highest BCUT2D eigenvalue weighted by atomic mass is 16.5. The second-order valence-electron chi connectivity index (χ2n) is 6.52. The fraction of sp³-hybridized carbons (Fsp3) is 0.286. The van der Waals surface area contributed by atoms with E-state index in [2.05, 4.69) is 5.32 Å². The normalized spacial score (nSPS) is 10.8. The van der Waals surface area contributed by atoms with Crippen molar-refractivity contribution >= 4 is 28.6 Å². The number of carboxylic acid groups (broad SMARTS) is 1. The van der Waals surface area contributed by atoms with E-state index < -0.39 is 5.97 Å². The number of ether oxygens (including phenoxy) is 1. The molecule has 1 amide bonds. The third-order valence-corrected chi connectivity index (χ3v) is 4.48. The predicted molar refractivity (Wildman–Crippen MR) is 109 cm³/mol. The maximum Gasteiger partial charge on any atom is 0.329 e. The summed E-state index contributed by atoms with van der Waals surface area (Å²) in [6, 6.07) is 14.2. The van der Waals surface area contributed by atoms with Crippen LogP contribution in [0.15, 0.2) is 53.3 Å². The minimum Gasteiger partial charge on any atom is -0.494 e. The Hall–Kier alpha value is -3.55. The van der Waals surface area contributed by atoms with Crippen molar-refractivity contribution in [2.75, 3.05) is 11.9 Å². The monoisotopic (exact) mass is 397 g/mol. The fourth-order valence-electron chi connectivity index (χ4n) is 3.12. The fourth-order valence-corrected chi connectivity index (χ4v) is 3.12. The Bertz CT molecular complexity index is 1070. The number of imidazole rings is 1. The molecule has 0 saturated heterocycles. The van der Waals surface area contributed by atoms with Gasteiger partial charge in [-0.05, 0) is 49.7 Å². The Morgan fingerprint density at radius 1 is 1.03 bits per heavy atom. The molecule has 2 aromatic carbocycles. The molecule has 152 valence electrons. The smallest absolute Gasteiger partial charge is 0.329 e. The SMILES string of the molecule is CCn1c(=O)n(CC(=O)Nc2ccc(OCCCC(=O)O)cc2)c2ccccc21. The lowest BCUT2D eigenvalue weighted by Gasteiger charge is -2.08. The highest BCUT2D eigenvalue weighted by Crippen LogP contribution is 2.17. The van der Waals surface area contributed by atoms with Gasteiger partial charge < -0.3 is 15.2 Å². The van der Waals surface area contributed by atoms with Crippen molar-refractivity contribution in [3.05, 3.63) is 59.0 Å². The zero-order valence-electron chi connectivity index (χ0n) is 16.1. The van der Waals surface area contributed by atoms with Crippen LogP contribution >= 0.6 is 0 Å². The number of amides is 1. The van der Waals surface area contributed by atoms with Crippen LogP contribution in [-0.2, 0) is 22.7 Å². The summed E-state index contributed by atoms with van der Waals surface area (Å²) in [5, 5.41) is 11.4. The minimum absolute atomic E-state index is 0.0575. The van der Waals surface area contributed by atoms with Gasteiger partial charge in [0, 0.05) is 18.7 Å². The highest BCUT2D eigenvalue weighted by molar-refractivity contribution is 5.91. The first-order valence-corrected chi connectivity index (χ1v) is 9.42. The Labute approximate surface area is 167 Å². The molecule has 0 aliphatic heterocycles. The van der Waals surface area contributed by atoms with E-state index in [1.807, 2.05) is 31.2 Å². The Kier molecular flexibility index (Phi) is 6.33. The summed E-state index contributed by atoms with van der Waals surface area (Å²) in [7, 11) is 0. The van der Waals surface area contributed by atoms with Gasteiger partial charge in [-0.2, -0.15) is 0 Å². The third kappa shape index (κ3) is 4.84. The molecule has 0 atom stereocenters.